The molecule has 148 valence electrons. The van der Waals surface area contributed by atoms with Gasteiger partial charge in [0.15, 0.2) is 5.11 Å². The SMILES string of the molecule is CC1=C(c2cc(-c3ccc(Cl)cc3)c(C#N)c(N)n2)C(c2ccccc2)NC(=S)N1. The molecule has 3 aromatic rings. The van der Waals surface area contributed by atoms with Gasteiger partial charge in [-0.3, -0.25) is 0 Å². The van der Waals surface area contributed by atoms with Gasteiger partial charge >= 0.3 is 0 Å². The summed E-state index contributed by atoms with van der Waals surface area (Å²) in [5.41, 5.74) is 11.6. The molecule has 0 spiro atoms. The summed E-state index contributed by atoms with van der Waals surface area (Å²) in [6.07, 6.45) is 0. The van der Waals surface area contributed by atoms with Gasteiger partial charge in [-0.2, -0.15) is 5.26 Å². The van der Waals surface area contributed by atoms with Crippen LogP contribution in [0.3, 0.4) is 0 Å². The molecule has 5 nitrogen and oxygen atoms in total. The second kappa shape index (κ2) is 8.15. The van der Waals surface area contributed by atoms with Crippen molar-refractivity contribution < 1.29 is 0 Å². The molecule has 0 saturated heterocycles. The molecule has 0 fully saturated rings. The van der Waals surface area contributed by atoms with Crippen LogP contribution in [0.4, 0.5) is 5.82 Å². The minimum atomic E-state index is -0.196. The number of hydrogen-bond acceptors (Lipinski definition) is 4. The molecule has 0 bridgehead atoms. The Hall–Kier alpha value is -3.40. The number of nitriles is 1. The van der Waals surface area contributed by atoms with E-state index in [0.29, 0.717) is 27.0 Å². The predicted octanol–water partition coefficient (Wildman–Crippen LogP) is 4.81. The van der Waals surface area contributed by atoms with E-state index in [9.17, 15) is 5.26 Å². The Bertz CT molecular complexity index is 1200. The molecule has 1 aliphatic rings. The van der Waals surface area contributed by atoms with Crippen molar-refractivity contribution in [1.29, 1.82) is 5.26 Å². The third kappa shape index (κ3) is 3.73. The van der Waals surface area contributed by atoms with Crippen molar-refractivity contribution in [3.05, 3.63) is 88.2 Å². The van der Waals surface area contributed by atoms with Gasteiger partial charge in [0.1, 0.15) is 17.5 Å². The lowest BCUT2D eigenvalue weighted by Crippen LogP contribution is -2.42. The number of halogens is 1. The zero-order chi connectivity index (χ0) is 21.3. The number of anilines is 1. The first-order valence-corrected chi connectivity index (χ1v) is 10.1. The van der Waals surface area contributed by atoms with E-state index < -0.39 is 0 Å². The standard InChI is InChI=1S/C23H18ClN5S/c1-13-20(21(29-23(30)27-13)15-5-3-2-4-6-15)19-11-17(18(12-25)22(26)28-19)14-7-9-16(24)10-8-14/h2-11,21H,1H3,(H2,26,28)(H2,27,29,30). The van der Waals surface area contributed by atoms with Crippen molar-refractivity contribution >= 4 is 40.3 Å². The Morgan fingerprint density at radius 2 is 1.83 bits per heavy atom. The van der Waals surface area contributed by atoms with Crippen LogP contribution in [0.25, 0.3) is 16.7 Å². The van der Waals surface area contributed by atoms with E-state index in [1.807, 2.05) is 55.5 Å². The molecule has 2 aromatic carbocycles. The number of nitrogens with two attached hydrogens (primary N) is 1. The van der Waals surface area contributed by atoms with Gasteiger partial charge in [0, 0.05) is 21.9 Å². The third-order valence-corrected chi connectivity index (χ3v) is 5.46. The van der Waals surface area contributed by atoms with Crippen molar-refractivity contribution in [3.8, 4) is 17.2 Å². The Balaban J connectivity index is 1.92. The summed E-state index contributed by atoms with van der Waals surface area (Å²) in [5.74, 6) is 0.181. The molecule has 4 N–H and O–H groups in total. The number of aromatic nitrogens is 1. The molecule has 0 radical (unpaired) electrons. The summed E-state index contributed by atoms with van der Waals surface area (Å²) in [4.78, 5) is 4.57. The molecule has 30 heavy (non-hydrogen) atoms. The van der Waals surface area contributed by atoms with E-state index in [0.717, 1.165) is 22.4 Å². The first kappa shape index (κ1) is 19.9. The Labute approximate surface area is 185 Å². The Kier molecular flexibility index (Phi) is 5.40. The van der Waals surface area contributed by atoms with Gasteiger partial charge in [-0.05, 0) is 48.5 Å². The second-order valence-corrected chi connectivity index (χ2v) is 7.76. The van der Waals surface area contributed by atoms with Crippen molar-refractivity contribution in [2.24, 2.45) is 0 Å². The highest BCUT2D eigenvalue weighted by Crippen LogP contribution is 2.37. The Morgan fingerprint density at radius 3 is 2.50 bits per heavy atom. The molecule has 1 aromatic heterocycles. The van der Waals surface area contributed by atoms with E-state index in [2.05, 4.69) is 21.7 Å². The highest BCUT2D eigenvalue weighted by Gasteiger charge is 2.28. The number of hydrogen-bond donors (Lipinski definition) is 3. The minimum Gasteiger partial charge on any atom is -0.383 e. The number of allylic oxidation sites excluding steroid dienone is 1. The monoisotopic (exact) mass is 431 g/mol. The molecule has 0 aliphatic carbocycles. The molecule has 4 rings (SSSR count). The summed E-state index contributed by atoms with van der Waals surface area (Å²) < 4.78 is 0. The van der Waals surface area contributed by atoms with Crippen LogP contribution >= 0.6 is 23.8 Å². The number of nitrogens with zero attached hydrogens (tertiary/aromatic N) is 2. The second-order valence-electron chi connectivity index (χ2n) is 6.91. The zero-order valence-electron chi connectivity index (χ0n) is 16.1. The summed E-state index contributed by atoms with van der Waals surface area (Å²) in [6.45, 7) is 1.95. The lowest BCUT2D eigenvalue weighted by Gasteiger charge is -2.31. The van der Waals surface area contributed by atoms with Gasteiger partial charge in [-0.1, -0.05) is 54.1 Å². The van der Waals surface area contributed by atoms with Gasteiger partial charge in [-0.15, -0.1) is 0 Å². The van der Waals surface area contributed by atoms with Gasteiger partial charge in [0.25, 0.3) is 0 Å². The fourth-order valence-electron chi connectivity index (χ4n) is 3.61. The number of pyridine rings is 1. The highest BCUT2D eigenvalue weighted by molar-refractivity contribution is 7.80. The first-order chi connectivity index (χ1) is 14.5. The topological polar surface area (TPSA) is 86.8 Å². The fraction of sp³-hybridized carbons (Fsp3) is 0.0870. The number of nitrogen functional groups attached to an aromatic ring is 1. The normalized spacial score (nSPS) is 15.9. The van der Waals surface area contributed by atoms with Crippen LogP contribution in [0, 0.1) is 11.3 Å². The van der Waals surface area contributed by atoms with Gasteiger partial charge < -0.3 is 16.4 Å². The summed E-state index contributed by atoms with van der Waals surface area (Å²) >= 11 is 11.4. The van der Waals surface area contributed by atoms with Crippen molar-refractivity contribution in [3.63, 3.8) is 0 Å². The van der Waals surface area contributed by atoms with E-state index >= 15 is 0 Å². The van der Waals surface area contributed by atoms with Crippen molar-refractivity contribution in [2.45, 2.75) is 13.0 Å². The highest BCUT2D eigenvalue weighted by atomic mass is 35.5. The maximum atomic E-state index is 9.68. The average Bonchev–Trinajstić information content (AvgIpc) is 2.74. The predicted molar refractivity (Wildman–Crippen MR) is 124 cm³/mol. The van der Waals surface area contributed by atoms with Crippen molar-refractivity contribution in [1.82, 2.24) is 15.6 Å². The van der Waals surface area contributed by atoms with E-state index in [1.54, 1.807) is 12.1 Å². The number of thiocarbonyl (C=S) groups is 1. The maximum absolute atomic E-state index is 9.68. The van der Waals surface area contributed by atoms with Crippen LogP contribution in [0.2, 0.25) is 5.02 Å². The number of nitrogens with one attached hydrogen (secondary N) is 2. The largest absolute Gasteiger partial charge is 0.383 e. The van der Waals surface area contributed by atoms with Crippen LogP contribution in [0.5, 0.6) is 0 Å². The van der Waals surface area contributed by atoms with Crippen LogP contribution in [-0.2, 0) is 0 Å². The Morgan fingerprint density at radius 1 is 1.13 bits per heavy atom. The summed E-state index contributed by atoms with van der Waals surface area (Å²) in [7, 11) is 0. The fourth-order valence-corrected chi connectivity index (χ4v) is 4.00. The molecule has 0 amide bonds. The van der Waals surface area contributed by atoms with Gasteiger partial charge in [0.2, 0.25) is 0 Å². The number of rotatable bonds is 3. The average molecular weight is 432 g/mol. The van der Waals surface area contributed by atoms with Gasteiger partial charge in [-0.25, -0.2) is 4.98 Å². The number of benzene rings is 2. The van der Waals surface area contributed by atoms with E-state index in [1.165, 1.54) is 0 Å². The molecule has 1 aliphatic heterocycles. The zero-order valence-corrected chi connectivity index (χ0v) is 17.7. The maximum Gasteiger partial charge on any atom is 0.171 e. The minimum absolute atomic E-state index is 0.181. The molecular weight excluding hydrogens is 414 g/mol. The van der Waals surface area contributed by atoms with Crippen molar-refractivity contribution in [2.75, 3.05) is 5.73 Å². The van der Waals surface area contributed by atoms with Crippen LogP contribution in [0.1, 0.15) is 29.8 Å². The molecule has 0 saturated carbocycles. The lowest BCUT2D eigenvalue weighted by atomic mass is 9.90. The van der Waals surface area contributed by atoms with Crippen LogP contribution in [-0.4, -0.2) is 10.1 Å². The van der Waals surface area contributed by atoms with E-state index in [-0.39, 0.29) is 11.9 Å². The smallest absolute Gasteiger partial charge is 0.171 e. The summed E-state index contributed by atoms with van der Waals surface area (Å²) in [5, 5.41) is 17.4. The van der Waals surface area contributed by atoms with Crippen LogP contribution < -0.4 is 16.4 Å². The van der Waals surface area contributed by atoms with Crippen LogP contribution in [0.15, 0.2) is 66.4 Å². The van der Waals surface area contributed by atoms with Gasteiger partial charge in [0.05, 0.1) is 11.7 Å². The first-order valence-electron chi connectivity index (χ1n) is 9.28. The molecule has 2 heterocycles. The molecule has 7 heteroatoms. The lowest BCUT2D eigenvalue weighted by molar-refractivity contribution is 0.756. The quantitative estimate of drug-likeness (QED) is 0.516. The molecule has 1 unspecified atom stereocenters. The third-order valence-electron chi connectivity index (χ3n) is 4.99. The van der Waals surface area contributed by atoms with E-state index in [4.69, 9.17) is 29.6 Å². The molecular formula is C23H18ClN5S. The summed E-state index contributed by atoms with van der Waals surface area (Å²) in [6, 6.07) is 21.2. The molecule has 1 atom stereocenters.